The molecule has 10 heteroatoms. The molecule has 0 saturated carbocycles. The van der Waals surface area contributed by atoms with Crippen LogP contribution in [-0.2, 0) is 9.47 Å². The van der Waals surface area contributed by atoms with Gasteiger partial charge in [0.15, 0.2) is 0 Å². The number of nitrogens with two attached hydrogens (primary N) is 1. The molecule has 0 spiro atoms. The number of hydrogen-bond donors (Lipinski definition) is 2. The first kappa shape index (κ1) is 23.4. The van der Waals surface area contributed by atoms with Gasteiger partial charge in [-0.05, 0) is 49.7 Å². The summed E-state index contributed by atoms with van der Waals surface area (Å²) < 4.78 is 15.6. The predicted molar refractivity (Wildman–Crippen MR) is 123 cm³/mol. The number of benzene rings is 2. The molecular formula is C22H22Cl2N4O4. The first-order chi connectivity index (χ1) is 15.3. The Morgan fingerprint density at radius 2 is 1.84 bits per heavy atom. The van der Waals surface area contributed by atoms with Gasteiger partial charge in [0.05, 0.1) is 22.9 Å². The van der Waals surface area contributed by atoms with E-state index in [-0.39, 0.29) is 12.9 Å². The number of hydrogen-bond acceptors (Lipinski definition) is 8. The molecule has 0 amide bonds. The first-order valence-electron chi connectivity index (χ1n) is 9.68. The van der Waals surface area contributed by atoms with Gasteiger partial charge in [0.2, 0.25) is 12.7 Å². The fourth-order valence-electron chi connectivity index (χ4n) is 2.86. The Balaban J connectivity index is 1.95. The zero-order valence-corrected chi connectivity index (χ0v) is 18.9. The highest BCUT2D eigenvalue weighted by atomic mass is 35.5. The Kier molecular flexibility index (Phi) is 7.97. The maximum Gasteiger partial charge on any atom is 0.511 e. The van der Waals surface area contributed by atoms with Gasteiger partial charge in [-0.1, -0.05) is 35.3 Å². The number of ether oxygens (including phenoxy) is 3. The quantitative estimate of drug-likeness (QED) is 0.250. The standard InChI is InChI=1S/C22H22Cl2N4O4/c1-13(2)32-22(29)31-12-30-18-8-7-14(23)11-16(18)20(28-21-26-9-4-10-27-21)15-5-3-6-17(25)19(15)24/h3-11,13,20H,12,25H2,1-2H3,(H,26,27,28). The van der Waals surface area contributed by atoms with E-state index < -0.39 is 12.2 Å². The monoisotopic (exact) mass is 476 g/mol. The first-order valence-corrected chi connectivity index (χ1v) is 10.4. The van der Waals surface area contributed by atoms with E-state index >= 15 is 0 Å². The number of rotatable bonds is 8. The van der Waals surface area contributed by atoms with Gasteiger partial charge in [0.25, 0.3) is 0 Å². The highest BCUT2D eigenvalue weighted by molar-refractivity contribution is 6.34. The molecule has 0 aliphatic carbocycles. The second kappa shape index (κ2) is 10.9. The topological polar surface area (TPSA) is 109 Å². The average molecular weight is 477 g/mol. The fraction of sp³-hybridized carbons (Fsp3) is 0.227. The summed E-state index contributed by atoms with van der Waals surface area (Å²) in [5.74, 6) is 0.761. The summed E-state index contributed by atoms with van der Waals surface area (Å²) in [6.45, 7) is 3.08. The normalized spacial score (nSPS) is 11.7. The van der Waals surface area contributed by atoms with Crippen molar-refractivity contribution in [2.45, 2.75) is 26.0 Å². The molecule has 1 unspecified atom stereocenters. The zero-order chi connectivity index (χ0) is 23.1. The number of halogens is 2. The Labute approximate surface area is 195 Å². The van der Waals surface area contributed by atoms with Gasteiger partial charge in [-0.15, -0.1) is 0 Å². The molecule has 1 aromatic heterocycles. The zero-order valence-electron chi connectivity index (χ0n) is 17.4. The maximum atomic E-state index is 11.7. The number of aromatic nitrogens is 2. The molecule has 0 aliphatic heterocycles. The Hall–Kier alpha value is -3.23. The van der Waals surface area contributed by atoms with Crippen LogP contribution < -0.4 is 15.8 Å². The summed E-state index contributed by atoms with van der Waals surface area (Å²) in [6.07, 6.45) is 2.08. The van der Waals surface area contributed by atoms with Crippen LogP contribution in [0.5, 0.6) is 5.75 Å². The van der Waals surface area contributed by atoms with Gasteiger partial charge in [-0.2, -0.15) is 0 Å². The summed E-state index contributed by atoms with van der Waals surface area (Å²) in [6, 6.07) is 11.5. The molecule has 0 fully saturated rings. The van der Waals surface area contributed by atoms with Crippen molar-refractivity contribution in [3.63, 3.8) is 0 Å². The number of carbonyl (C=O) groups is 1. The highest BCUT2D eigenvalue weighted by Gasteiger charge is 2.23. The van der Waals surface area contributed by atoms with Crippen molar-refractivity contribution in [2.24, 2.45) is 0 Å². The van der Waals surface area contributed by atoms with Crippen molar-refractivity contribution in [1.82, 2.24) is 9.97 Å². The summed E-state index contributed by atoms with van der Waals surface area (Å²) in [5.41, 5.74) is 7.71. The fourth-order valence-corrected chi connectivity index (χ4v) is 3.28. The molecule has 3 N–H and O–H groups in total. The van der Waals surface area contributed by atoms with Crippen molar-refractivity contribution in [3.8, 4) is 5.75 Å². The lowest BCUT2D eigenvalue weighted by Gasteiger charge is -2.24. The molecule has 0 aliphatic rings. The molecule has 3 aromatic rings. The molecular weight excluding hydrogens is 455 g/mol. The third-order valence-corrected chi connectivity index (χ3v) is 4.89. The van der Waals surface area contributed by atoms with E-state index in [4.69, 9.17) is 43.1 Å². The third kappa shape index (κ3) is 6.15. The second-order valence-corrected chi connectivity index (χ2v) is 7.72. The Bertz CT molecular complexity index is 1070. The van der Waals surface area contributed by atoms with E-state index in [1.807, 2.05) is 6.07 Å². The number of nitrogens with one attached hydrogen (secondary N) is 1. The second-order valence-electron chi connectivity index (χ2n) is 6.91. The van der Waals surface area contributed by atoms with Crippen LogP contribution in [0.15, 0.2) is 54.9 Å². The number of anilines is 2. The number of nitrogens with zero attached hydrogens (tertiary/aromatic N) is 2. The summed E-state index contributed by atoms with van der Waals surface area (Å²) >= 11 is 12.8. The van der Waals surface area contributed by atoms with Gasteiger partial charge in [0.1, 0.15) is 5.75 Å². The Morgan fingerprint density at radius 3 is 2.56 bits per heavy atom. The van der Waals surface area contributed by atoms with Crippen LogP contribution in [0.3, 0.4) is 0 Å². The third-order valence-electron chi connectivity index (χ3n) is 4.21. The van der Waals surface area contributed by atoms with Crippen molar-refractivity contribution in [2.75, 3.05) is 17.8 Å². The van der Waals surface area contributed by atoms with Gasteiger partial charge in [0, 0.05) is 23.0 Å². The summed E-state index contributed by atoms with van der Waals surface area (Å²) in [5, 5.41) is 4.07. The van der Waals surface area contributed by atoms with E-state index in [2.05, 4.69) is 15.3 Å². The molecule has 0 bridgehead atoms. The molecule has 168 valence electrons. The van der Waals surface area contributed by atoms with Gasteiger partial charge in [-0.25, -0.2) is 14.8 Å². The molecule has 2 aromatic carbocycles. The van der Waals surface area contributed by atoms with Crippen LogP contribution in [0, 0.1) is 0 Å². The SMILES string of the molecule is CC(C)OC(=O)OCOc1ccc(Cl)cc1C(Nc1ncccn1)c1cccc(N)c1Cl. The number of carbonyl (C=O) groups excluding carboxylic acids is 1. The average Bonchev–Trinajstić information content (AvgIpc) is 2.75. The van der Waals surface area contributed by atoms with Crippen molar-refractivity contribution in [3.05, 3.63) is 76.0 Å². The lowest BCUT2D eigenvalue weighted by molar-refractivity contribution is -0.00845. The molecule has 0 radical (unpaired) electrons. The van der Waals surface area contributed by atoms with E-state index in [0.29, 0.717) is 38.6 Å². The Morgan fingerprint density at radius 1 is 1.09 bits per heavy atom. The van der Waals surface area contributed by atoms with Crippen LogP contribution in [-0.4, -0.2) is 29.0 Å². The lowest BCUT2D eigenvalue weighted by Crippen LogP contribution is -2.18. The predicted octanol–water partition coefficient (Wildman–Crippen LogP) is 5.47. The van der Waals surface area contributed by atoms with Gasteiger partial charge in [-0.3, -0.25) is 0 Å². The largest absolute Gasteiger partial charge is 0.511 e. The highest BCUT2D eigenvalue weighted by Crippen LogP contribution is 2.38. The van der Waals surface area contributed by atoms with E-state index in [0.717, 1.165) is 0 Å². The number of nitrogen functional groups attached to an aromatic ring is 1. The molecule has 8 nitrogen and oxygen atoms in total. The minimum Gasteiger partial charge on any atom is -0.457 e. The van der Waals surface area contributed by atoms with Gasteiger partial charge >= 0.3 is 6.16 Å². The summed E-state index contributed by atoms with van der Waals surface area (Å²) in [7, 11) is 0. The van der Waals surface area contributed by atoms with Crippen LogP contribution in [0.4, 0.5) is 16.4 Å². The van der Waals surface area contributed by atoms with E-state index in [9.17, 15) is 4.79 Å². The van der Waals surface area contributed by atoms with E-state index in [1.54, 1.807) is 62.6 Å². The van der Waals surface area contributed by atoms with Crippen LogP contribution in [0.2, 0.25) is 10.0 Å². The molecule has 1 heterocycles. The maximum absolute atomic E-state index is 11.7. The molecule has 1 atom stereocenters. The minimum absolute atomic E-state index is 0.307. The molecule has 32 heavy (non-hydrogen) atoms. The smallest absolute Gasteiger partial charge is 0.457 e. The van der Waals surface area contributed by atoms with Crippen LogP contribution in [0.1, 0.15) is 31.0 Å². The van der Waals surface area contributed by atoms with E-state index in [1.165, 1.54) is 0 Å². The molecule has 0 saturated heterocycles. The van der Waals surface area contributed by atoms with Crippen molar-refractivity contribution in [1.29, 1.82) is 0 Å². The lowest BCUT2D eigenvalue weighted by atomic mass is 9.97. The van der Waals surface area contributed by atoms with Crippen LogP contribution in [0.25, 0.3) is 0 Å². The van der Waals surface area contributed by atoms with Crippen LogP contribution >= 0.6 is 23.2 Å². The summed E-state index contributed by atoms with van der Waals surface area (Å²) in [4.78, 5) is 20.1. The minimum atomic E-state index is -0.832. The van der Waals surface area contributed by atoms with Gasteiger partial charge < -0.3 is 25.3 Å². The van der Waals surface area contributed by atoms with Crippen molar-refractivity contribution >= 4 is 41.0 Å². The molecule has 3 rings (SSSR count). The van der Waals surface area contributed by atoms with Crippen molar-refractivity contribution < 1.29 is 19.0 Å².